The van der Waals surface area contributed by atoms with Gasteiger partial charge in [-0.2, -0.15) is 0 Å². The number of amides is 2. The van der Waals surface area contributed by atoms with Crippen LogP contribution in [0.15, 0.2) is 41.3 Å². The third-order valence-electron chi connectivity index (χ3n) is 5.12. The molecule has 0 aromatic heterocycles. The Balaban J connectivity index is 1.91. The van der Waals surface area contributed by atoms with Crippen molar-refractivity contribution in [2.24, 2.45) is 11.7 Å². The number of hydrogen-bond donors (Lipinski definition) is 1. The van der Waals surface area contributed by atoms with Gasteiger partial charge in [0, 0.05) is 29.4 Å². The summed E-state index contributed by atoms with van der Waals surface area (Å²) in [5.74, 6) is 0.446. The van der Waals surface area contributed by atoms with Gasteiger partial charge in [0.25, 0.3) is 11.6 Å². The van der Waals surface area contributed by atoms with E-state index in [-0.39, 0.29) is 17.2 Å². The number of nitrogens with two attached hydrogens (primary N) is 1. The number of nitro benzene ring substituents is 1. The van der Waals surface area contributed by atoms with E-state index in [4.69, 9.17) is 5.73 Å². The average molecular weight is 428 g/mol. The molecular weight excluding hydrogens is 402 g/mol. The molecule has 158 valence electrons. The van der Waals surface area contributed by atoms with Crippen molar-refractivity contribution in [3.05, 3.63) is 63.2 Å². The van der Waals surface area contributed by atoms with E-state index in [1.54, 1.807) is 35.2 Å². The van der Waals surface area contributed by atoms with Gasteiger partial charge in [0.05, 0.1) is 9.82 Å². The second kappa shape index (κ2) is 9.30. The zero-order chi connectivity index (χ0) is 21.8. The van der Waals surface area contributed by atoms with Crippen LogP contribution in [0.3, 0.4) is 0 Å². The fourth-order valence-corrected chi connectivity index (χ4v) is 4.80. The molecule has 0 unspecified atom stereocenters. The molecule has 0 atom stereocenters. The number of primary amides is 1. The molecule has 0 spiro atoms. The van der Waals surface area contributed by atoms with Gasteiger partial charge < -0.3 is 10.6 Å². The highest BCUT2D eigenvalue weighted by Gasteiger charge is 2.28. The lowest BCUT2D eigenvalue weighted by Crippen LogP contribution is -2.36. The van der Waals surface area contributed by atoms with Crippen molar-refractivity contribution in [3.8, 4) is 0 Å². The molecule has 2 aromatic rings. The van der Waals surface area contributed by atoms with Crippen LogP contribution in [0.4, 0.5) is 11.4 Å². The standard InChI is InChI=1S/C22H25N3O4S/c1-14(2)10-12-30-20-9-8-15(13-19(20)25(28)29)22(27)24-11-4-6-16-17(21(23)26)5-3-7-18(16)24/h3,5,7-9,13-14H,4,6,10-12H2,1-2H3,(H2,23,26). The molecular formula is C22H25N3O4S. The number of benzene rings is 2. The van der Waals surface area contributed by atoms with Crippen molar-refractivity contribution < 1.29 is 14.5 Å². The Kier molecular flexibility index (Phi) is 6.77. The number of carbonyl (C=O) groups is 2. The first-order valence-electron chi connectivity index (χ1n) is 9.94. The topological polar surface area (TPSA) is 107 Å². The highest BCUT2D eigenvalue weighted by Crippen LogP contribution is 2.34. The van der Waals surface area contributed by atoms with Crippen molar-refractivity contribution in [2.45, 2.75) is 38.0 Å². The van der Waals surface area contributed by atoms with Crippen molar-refractivity contribution in [3.63, 3.8) is 0 Å². The van der Waals surface area contributed by atoms with Gasteiger partial charge in [-0.05, 0) is 60.8 Å². The van der Waals surface area contributed by atoms with Crippen molar-refractivity contribution >= 4 is 35.0 Å². The monoisotopic (exact) mass is 427 g/mol. The number of thioether (sulfide) groups is 1. The molecule has 3 rings (SSSR count). The van der Waals surface area contributed by atoms with Crippen LogP contribution in [0.1, 0.15) is 53.0 Å². The Hall–Kier alpha value is -2.87. The largest absolute Gasteiger partial charge is 0.366 e. The van der Waals surface area contributed by atoms with E-state index in [0.717, 1.165) is 17.7 Å². The molecule has 1 heterocycles. The van der Waals surface area contributed by atoms with Crippen LogP contribution >= 0.6 is 11.8 Å². The second-order valence-corrected chi connectivity index (χ2v) is 8.84. The zero-order valence-electron chi connectivity index (χ0n) is 17.1. The molecule has 2 N–H and O–H groups in total. The number of carbonyl (C=O) groups excluding carboxylic acids is 2. The van der Waals surface area contributed by atoms with Crippen LogP contribution < -0.4 is 10.6 Å². The molecule has 2 amide bonds. The van der Waals surface area contributed by atoms with Gasteiger partial charge in [-0.1, -0.05) is 19.9 Å². The Morgan fingerprint density at radius 2 is 2.03 bits per heavy atom. The van der Waals surface area contributed by atoms with Crippen LogP contribution in [-0.4, -0.2) is 29.0 Å². The molecule has 0 fully saturated rings. The quantitative estimate of drug-likeness (QED) is 0.400. The first-order valence-corrected chi connectivity index (χ1v) is 10.9. The van der Waals surface area contributed by atoms with E-state index < -0.39 is 10.8 Å². The summed E-state index contributed by atoms with van der Waals surface area (Å²) >= 11 is 1.44. The number of anilines is 1. The summed E-state index contributed by atoms with van der Waals surface area (Å²) in [6, 6.07) is 9.78. The summed E-state index contributed by atoms with van der Waals surface area (Å²) in [7, 11) is 0. The van der Waals surface area contributed by atoms with Gasteiger partial charge >= 0.3 is 0 Å². The Bertz CT molecular complexity index is 990. The predicted octanol–water partition coefficient (Wildman–Crippen LogP) is 4.42. The van der Waals surface area contributed by atoms with E-state index in [0.29, 0.717) is 41.5 Å². The summed E-state index contributed by atoms with van der Waals surface area (Å²) in [5, 5.41) is 11.6. The number of hydrogen-bond acceptors (Lipinski definition) is 5. The minimum Gasteiger partial charge on any atom is -0.366 e. The predicted molar refractivity (Wildman–Crippen MR) is 118 cm³/mol. The molecule has 0 bridgehead atoms. The fourth-order valence-electron chi connectivity index (χ4n) is 3.54. The maximum absolute atomic E-state index is 13.2. The Morgan fingerprint density at radius 3 is 2.70 bits per heavy atom. The normalized spacial score (nSPS) is 13.2. The highest BCUT2D eigenvalue weighted by atomic mass is 32.2. The lowest BCUT2D eigenvalue weighted by Gasteiger charge is -2.30. The lowest BCUT2D eigenvalue weighted by molar-refractivity contribution is -0.387. The highest BCUT2D eigenvalue weighted by molar-refractivity contribution is 7.99. The van der Waals surface area contributed by atoms with Gasteiger partial charge in [-0.15, -0.1) is 11.8 Å². The van der Waals surface area contributed by atoms with Gasteiger partial charge in [-0.3, -0.25) is 19.7 Å². The SMILES string of the molecule is CC(C)CCSc1ccc(C(=O)N2CCCc3c(C(N)=O)cccc32)cc1[N+](=O)[O-]. The van der Waals surface area contributed by atoms with Gasteiger partial charge in [0.2, 0.25) is 5.91 Å². The van der Waals surface area contributed by atoms with Crippen molar-refractivity contribution in [1.29, 1.82) is 0 Å². The Morgan fingerprint density at radius 1 is 1.27 bits per heavy atom. The summed E-state index contributed by atoms with van der Waals surface area (Å²) in [4.78, 5) is 38.3. The molecule has 0 aliphatic carbocycles. The molecule has 2 aromatic carbocycles. The minimum atomic E-state index is -0.528. The number of fused-ring (bicyclic) bond motifs is 1. The van der Waals surface area contributed by atoms with Crippen molar-refractivity contribution in [2.75, 3.05) is 17.2 Å². The fraction of sp³-hybridized carbons (Fsp3) is 0.364. The van der Waals surface area contributed by atoms with Gasteiger partial charge in [-0.25, -0.2) is 0 Å². The number of nitro groups is 1. The van der Waals surface area contributed by atoms with Gasteiger partial charge in [0.15, 0.2) is 0 Å². The van der Waals surface area contributed by atoms with E-state index in [2.05, 4.69) is 13.8 Å². The maximum atomic E-state index is 13.2. The molecule has 0 saturated heterocycles. The molecule has 7 nitrogen and oxygen atoms in total. The van der Waals surface area contributed by atoms with E-state index in [9.17, 15) is 19.7 Å². The number of rotatable bonds is 7. The zero-order valence-corrected chi connectivity index (χ0v) is 17.9. The van der Waals surface area contributed by atoms with E-state index in [1.165, 1.54) is 17.8 Å². The molecule has 0 radical (unpaired) electrons. The van der Waals surface area contributed by atoms with E-state index >= 15 is 0 Å². The lowest BCUT2D eigenvalue weighted by atomic mass is 9.95. The van der Waals surface area contributed by atoms with E-state index in [1.807, 2.05) is 0 Å². The molecule has 1 aliphatic heterocycles. The average Bonchev–Trinajstić information content (AvgIpc) is 2.72. The molecule has 0 saturated carbocycles. The summed E-state index contributed by atoms with van der Waals surface area (Å²) in [6.45, 7) is 4.69. The van der Waals surface area contributed by atoms with Crippen LogP contribution in [0.25, 0.3) is 0 Å². The summed E-state index contributed by atoms with van der Waals surface area (Å²) < 4.78 is 0. The second-order valence-electron chi connectivity index (χ2n) is 7.70. The molecule has 1 aliphatic rings. The van der Waals surface area contributed by atoms with Crippen LogP contribution in [0.2, 0.25) is 0 Å². The Labute approximate surface area is 179 Å². The summed E-state index contributed by atoms with van der Waals surface area (Å²) in [5.41, 5.74) is 7.48. The summed E-state index contributed by atoms with van der Waals surface area (Å²) in [6.07, 6.45) is 2.30. The smallest absolute Gasteiger partial charge is 0.283 e. The minimum absolute atomic E-state index is 0.0577. The first kappa shape index (κ1) is 21.8. The third kappa shape index (κ3) is 4.64. The number of nitrogens with zero attached hydrogens (tertiary/aromatic N) is 2. The van der Waals surface area contributed by atoms with Crippen LogP contribution in [0.5, 0.6) is 0 Å². The third-order valence-corrected chi connectivity index (χ3v) is 6.21. The first-order chi connectivity index (χ1) is 14.3. The van der Waals surface area contributed by atoms with Crippen LogP contribution in [0, 0.1) is 16.0 Å². The van der Waals surface area contributed by atoms with Crippen molar-refractivity contribution in [1.82, 2.24) is 0 Å². The molecule has 30 heavy (non-hydrogen) atoms. The van der Waals surface area contributed by atoms with Gasteiger partial charge in [0.1, 0.15) is 0 Å². The maximum Gasteiger partial charge on any atom is 0.283 e. The van der Waals surface area contributed by atoms with Crippen LogP contribution in [-0.2, 0) is 6.42 Å². The molecule has 8 heteroatoms.